The maximum Gasteiger partial charge on any atom is 0.244 e. The topological polar surface area (TPSA) is 71.5 Å². The summed E-state index contributed by atoms with van der Waals surface area (Å²) in [5.74, 6) is 0.380. The number of hydrogen-bond acceptors (Lipinski definition) is 4. The number of aliphatic hydroxyl groups excluding tert-OH is 1. The van der Waals surface area contributed by atoms with Crippen LogP contribution in [0.5, 0.6) is 5.75 Å². The smallest absolute Gasteiger partial charge is 0.244 e. The van der Waals surface area contributed by atoms with Gasteiger partial charge in [0.25, 0.3) is 0 Å². The highest BCUT2D eigenvalue weighted by Gasteiger charge is 2.09. The first kappa shape index (κ1) is 15.7. The van der Waals surface area contributed by atoms with Crippen LogP contribution in [0.2, 0.25) is 0 Å². The van der Waals surface area contributed by atoms with E-state index in [9.17, 15) is 9.90 Å². The lowest BCUT2D eigenvalue weighted by Crippen LogP contribution is -2.26. The molecular weight excluding hydrogens is 280 g/mol. The molecule has 1 aromatic heterocycles. The highest BCUT2D eigenvalue weighted by molar-refractivity contribution is 5.91. The number of hydrogen-bond donors (Lipinski definition) is 2. The fourth-order valence-corrected chi connectivity index (χ4v) is 1.86. The summed E-state index contributed by atoms with van der Waals surface area (Å²) < 4.78 is 5.10. The zero-order valence-electron chi connectivity index (χ0n) is 12.3. The van der Waals surface area contributed by atoms with E-state index in [-0.39, 0.29) is 12.5 Å². The molecule has 2 rings (SSSR count). The average molecular weight is 298 g/mol. The van der Waals surface area contributed by atoms with E-state index in [0.29, 0.717) is 17.0 Å². The molecule has 5 nitrogen and oxygen atoms in total. The van der Waals surface area contributed by atoms with E-state index >= 15 is 0 Å². The van der Waals surface area contributed by atoms with Crippen molar-refractivity contribution in [3.8, 4) is 5.75 Å². The van der Waals surface area contributed by atoms with Crippen molar-refractivity contribution in [2.24, 2.45) is 0 Å². The number of pyridine rings is 1. The zero-order chi connectivity index (χ0) is 15.8. The van der Waals surface area contributed by atoms with Gasteiger partial charge in [0, 0.05) is 18.8 Å². The Morgan fingerprint density at radius 2 is 2.23 bits per heavy atom. The van der Waals surface area contributed by atoms with Gasteiger partial charge in [0.2, 0.25) is 5.91 Å². The second-order valence-electron chi connectivity index (χ2n) is 4.63. The first-order valence-electron chi connectivity index (χ1n) is 6.88. The van der Waals surface area contributed by atoms with Gasteiger partial charge in [-0.2, -0.15) is 0 Å². The van der Waals surface area contributed by atoms with Crippen LogP contribution in [0, 0.1) is 0 Å². The Morgan fingerprint density at radius 3 is 2.95 bits per heavy atom. The highest BCUT2D eigenvalue weighted by atomic mass is 16.5. The Balaban J connectivity index is 1.86. The van der Waals surface area contributed by atoms with Gasteiger partial charge in [-0.25, -0.2) is 0 Å². The van der Waals surface area contributed by atoms with E-state index in [4.69, 9.17) is 4.74 Å². The number of rotatable bonds is 6. The van der Waals surface area contributed by atoms with Gasteiger partial charge in [0.05, 0.1) is 18.9 Å². The summed E-state index contributed by atoms with van der Waals surface area (Å²) in [6.45, 7) is 0.124. The van der Waals surface area contributed by atoms with Crippen molar-refractivity contribution in [1.82, 2.24) is 10.3 Å². The van der Waals surface area contributed by atoms with Crippen LogP contribution in [0.4, 0.5) is 0 Å². The standard InChI is InChI=1S/C17H18N2O3/c1-22-15-7-4-5-13(11-15)16(20)12-19-17(21)9-8-14-6-2-3-10-18-14/h2-11,16,20H,12H2,1H3,(H,19,21)/b9-8+. The van der Waals surface area contributed by atoms with Gasteiger partial charge in [0.15, 0.2) is 0 Å². The molecule has 1 amide bonds. The number of nitrogens with zero attached hydrogens (tertiary/aromatic N) is 1. The van der Waals surface area contributed by atoms with Gasteiger partial charge in [-0.1, -0.05) is 18.2 Å². The van der Waals surface area contributed by atoms with Crippen molar-refractivity contribution in [2.75, 3.05) is 13.7 Å². The predicted octanol–water partition coefficient (Wildman–Crippen LogP) is 1.95. The number of benzene rings is 1. The Hall–Kier alpha value is -2.66. The van der Waals surface area contributed by atoms with E-state index in [1.807, 2.05) is 12.1 Å². The molecule has 0 spiro atoms. The van der Waals surface area contributed by atoms with Crippen molar-refractivity contribution < 1.29 is 14.6 Å². The van der Waals surface area contributed by atoms with Crippen molar-refractivity contribution in [2.45, 2.75) is 6.10 Å². The number of carbonyl (C=O) groups excluding carboxylic acids is 1. The Kier molecular flexibility index (Phi) is 5.68. The summed E-state index contributed by atoms with van der Waals surface area (Å²) in [7, 11) is 1.57. The highest BCUT2D eigenvalue weighted by Crippen LogP contribution is 2.18. The van der Waals surface area contributed by atoms with Gasteiger partial charge in [-0.3, -0.25) is 9.78 Å². The molecule has 0 saturated carbocycles. The average Bonchev–Trinajstić information content (AvgIpc) is 2.58. The minimum atomic E-state index is -0.790. The van der Waals surface area contributed by atoms with Crippen LogP contribution in [0.1, 0.15) is 17.4 Å². The summed E-state index contributed by atoms with van der Waals surface area (Å²) in [5, 5.41) is 12.7. The van der Waals surface area contributed by atoms with Crippen LogP contribution in [-0.4, -0.2) is 29.7 Å². The lowest BCUT2D eigenvalue weighted by molar-refractivity contribution is -0.116. The van der Waals surface area contributed by atoms with Crippen LogP contribution in [0.15, 0.2) is 54.7 Å². The first-order chi connectivity index (χ1) is 10.7. The van der Waals surface area contributed by atoms with E-state index in [1.165, 1.54) is 6.08 Å². The number of aromatic nitrogens is 1. The normalized spacial score (nSPS) is 12.1. The molecular formula is C17H18N2O3. The van der Waals surface area contributed by atoms with E-state index in [1.54, 1.807) is 49.7 Å². The maximum absolute atomic E-state index is 11.7. The van der Waals surface area contributed by atoms with Crippen molar-refractivity contribution in [3.63, 3.8) is 0 Å². The third kappa shape index (κ3) is 4.71. The predicted molar refractivity (Wildman–Crippen MR) is 84.2 cm³/mol. The number of amides is 1. The molecule has 0 aliphatic rings. The van der Waals surface area contributed by atoms with Crippen LogP contribution in [-0.2, 0) is 4.79 Å². The molecule has 22 heavy (non-hydrogen) atoms. The summed E-state index contributed by atoms with van der Waals surface area (Å²) in [6, 6.07) is 12.6. The molecule has 114 valence electrons. The maximum atomic E-state index is 11.7. The minimum absolute atomic E-state index is 0.124. The molecule has 1 heterocycles. The van der Waals surface area contributed by atoms with Crippen LogP contribution < -0.4 is 10.1 Å². The van der Waals surface area contributed by atoms with Gasteiger partial charge in [-0.15, -0.1) is 0 Å². The second-order valence-corrected chi connectivity index (χ2v) is 4.63. The van der Waals surface area contributed by atoms with Gasteiger partial charge in [-0.05, 0) is 35.9 Å². The molecule has 1 atom stereocenters. The summed E-state index contributed by atoms with van der Waals surface area (Å²) in [4.78, 5) is 15.8. The van der Waals surface area contributed by atoms with Gasteiger partial charge >= 0.3 is 0 Å². The van der Waals surface area contributed by atoms with Gasteiger partial charge < -0.3 is 15.2 Å². The summed E-state index contributed by atoms with van der Waals surface area (Å²) >= 11 is 0. The zero-order valence-corrected chi connectivity index (χ0v) is 12.3. The number of carbonyl (C=O) groups is 1. The quantitative estimate of drug-likeness (QED) is 0.800. The van der Waals surface area contributed by atoms with Crippen molar-refractivity contribution in [3.05, 3.63) is 66.0 Å². The van der Waals surface area contributed by atoms with E-state index < -0.39 is 6.10 Å². The summed E-state index contributed by atoms with van der Waals surface area (Å²) in [6.07, 6.45) is 3.88. The SMILES string of the molecule is COc1cccc(C(O)CNC(=O)/C=C/c2ccccn2)c1. The second kappa shape index (κ2) is 7.95. The first-order valence-corrected chi connectivity index (χ1v) is 6.88. The summed E-state index contributed by atoms with van der Waals surface area (Å²) in [5.41, 5.74) is 1.39. The van der Waals surface area contributed by atoms with Crippen LogP contribution in [0.3, 0.4) is 0 Å². The van der Waals surface area contributed by atoms with E-state index in [0.717, 1.165) is 0 Å². The van der Waals surface area contributed by atoms with Crippen LogP contribution in [0.25, 0.3) is 6.08 Å². The number of ether oxygens (including phenoxy) is 1. The minimum Gasteiger partial charge on any atom is -0.497 e. The molecule has 5 heteroatoms. The number of nitrogens with one attached hydrogen (secondary N) is 1. The molecule has 0 radical (unpaired) electrons. The Morgan fingerprint density at radius 1 is 1.36 bits per heavy atom. The lowest BCUT2D eigenvalue weighted by Gasteiger charge is -2.12. The van der Waals surface area contributed by atoms with Crippen molar-refractivity contribution in [1.29, 1.82) is 0 Å². The molecule has 1 aromatic carbocycles. The fourth-order valence-electron chi connectivity index (χ4n) is 1.86. The molecule has 0 aliphatic carbocycles. The number of methoxy groups -OCH3 is 1. The monoisotopic (exact) mass is 298 g/mol. The largest absolute Gasteiger partial charge is 0.497 e. The van der Waals surface area contributed by atoms with Crippen LogP contribution >= 0.6 is 0 Å². The number of aliphatic hydroxyl groups is 1. The molecule has 0 bridgehead atoms. The molecule has 2 N–H and O–H groups in total. The molecule has 0 fully saturated rings. The van der Waals surface area contributed by atoms with E-state index in [2.05, 4.69) is 10.3 Å². The van der Waals surface area contributed by atoms with Crippen molar-refractivity contribution >= 4 is 12.0 Å². The molecule has 1 unspecified atom stereocenters. The fraction of sp³-hybridized carbons (Fsp3) is 0.176. The molecule has 2 aromatic rings. The molecule has 0 aliphatic heterocycles. The Bertz CT molecular complexity index is 641. The lowest BCUT2D eigenvalue weighted by atomic mass is 10.1. The van der Waals surface area contributed by atoms with Gasteiger partial charge in [0.1, 0.15) is 5.75 Å². The molecule has 0 saturated heterocycles. The Labute approximate surface area is 129 Å². The third-order valence-corrected chi connectivity index (χ3v) is 3.04. The third-order valence-electron chi connectivity index (χ3n) is 3.04.